The summed E-state index contributed by atoms with van der Waals surface area (Å²) in [5.41, 5.74) is 3.45. The highest BCUT2D eigenvalue weighted by molar-refractivity contribution is 6.35. The minimum absolute atomic E-state index is 0.0195. The highest BCUT2D eigenvalue weighted by atomic mass is 35.5. The molecule has 2 N–H and O–H groups in total. The molecule has 0 radical (unpaired) electrons. The molecule has 178 valence electrons. The number of fused-ring (bicyclic) bond motifs is 1. The van der Waals surface area contributed by atoms with Crippen molar-refractivity contribution in [3.05, 3.63) is 45.1 Å². The van der Waals surface area contributed by atoms with Crippen LogP contribution in [0, 0.1) is 11.8 Å². The lowest BCUT2D eigenvalue weighted by atomic mass is 9.81. The van der Waals surface area contributed by atoms with Crippen molar-refractivity contribution in [3.8, 4) is 0 Å². The Morgan fingerprint density at radius 1 is 1.12 bits per heavy atom. The maximum absolute atomic E-state index is 9.28. The molecule has 1 aliphatic carbocycles. The third-order valence-electron chi connectivity index (χ3n) is 7.52. The van der Waals surface area contributed by atoms with Crippen LogP contribution in [-0.4, -0.2) is 59.3 Å². The molecule has 5 rings (SSSR count). The maximum atomic E-state index is 9.28. The van der Waals surface area contributed by atoms with Crippen LogP contribution in [0.5, 0.6) is 0 Å². The Bertz CT molecular complexity index is 995. The molecule has 2 fully saturated rings. The number of aliphatic hydroxyl groups is 1. The highest BCUT2D eigenvalue weighted by Gasteiger charge is 2.37. The molecule has 1 aromatic heterocycles. The van der Waals surface area contributed by atoms with Gasteiger partial charge in [0.2, 0.25) is 5.95 Å². The number of hydrogen-bond acceptors (Lipinski definition) is 6. The number of rotatable bonds is 7. The van der Waals surface area contributed by atoms with Crippen LogP contribution in [0.1, 0.15) is 49.0 Å². The summed E-state index contributed by atoms with van der Waals surface area (Å²) in [7, 11) is 0. The lowest BCUT2D eigenvalue weighted by Crippen LogP contribution is -2.54. The molecule has 0 amide bonds. The molecule has 33 heavy (non-hydrogen) atoms. The smallest absolute Gasteiger partial charge is 0.227 e. The number of aliphatic hydroxyl groups excluding tert-OH is 1. The largest absolute Gasteiger partial charge is 0.395 e. The minimum atomic E-state index is 0.0195. The van der Waals surface area contributed by atoms with Crippen molar-refractivity contribution in [3.63, 3.8) is 0 Å². The molecule has 1 aromatic carbocycles. The van der Waals surface area contributed by atoms with E-state index >= 15 is 0 Å². The van der Waals surface area contributed by atoms with E-state index in [1.54, 1.807) is 6.07 Å². The van der Waals surface area contributed by atoms with Crippen LogP contribution < -0.4 is 10.2 Å². The summed E-state index contributed by atoms with van der Waals surface area (Å²) >= 11 is 12.5. The maximum Gasteiger partial charge on any atom is 0.227 e. The Kier molecular flexibility index (Phi) is 6.98. The van der Waals surface area contributed by atoms with Gasteiger partial charge in [-0.2, -0.15) is 4.98 Å². The standard InChI is InChI=1S/C25H33Cl2N5O/c1-16(20-8-7-19(26)12-22(20)27)28-24-21-5-2-6-23(21)29-25(30-24)32-14-18(15-32)17-4-3-9-31(13-17)10-11-33/h7-8,12,16-18,33H,2-6,9-11,13-15H2,1H3,(H,28,29,30)/t16-,17+/m1/s1. The van der Waals surface area contributed by atoms with Gasteiger partial charge in [-0.05, 0) is 75.1 Å². The number of aromatic nitrogens is 2. The van der Waals surface area contributed by atoms with Gasteiger partial charge in [-0.15, -0.1) is 0 Å². The Hall–Kier alpha value is -1.60. The Morgan fingerprint density at radius 2 is 1.97 bits per heavy atom. The number of nitrogens with one attached hydrogen (secondary N) is 1. The number of β-amino-alcohol motifs (C(OH)–C–C–N with tert-alkyl or cyclic N) is 1. The van der Waals surface area contributed by atoms with Gasteiger partial charge in [0.25, 0.3) is 0 Å². The van der Waals surface area contributed by atoms with E-state index in [1.807, 2.05) is 12.1 Å². The summed E-state index contributed by atoms with van der Waals surface area (Å²) in [6.07, 6.45) is 5.69. The number of nitrogens with zero attached hydrogens (tertiary/aromatic N) is 4. The molecule has 3 aliphatic rings. The number of benzene rings is 1. The number of aryl methyl sites for hydroxylation is 1. The second-order valence-corrected chi connectivity index (χ2v) is 10.6. The van der Waals surface area contributed by atoms with Crippen molar-refractivity contribution in [1.82, 2.24) is 14.9 Å². The van der Waals surface area contributed by atoms with Gasteiger partial charge in [-0.25, -0.2) is 4.98 Å². The molecule has 8 heteroatoms. The first-order valence-electron chi connectivity index (χ1n) is 12.2. The van der Waals surface area contributed by atoms with Crippen molar-refractivity contribution in [1.29, 1.82) is 0 Å². The van der Waals surface area contributed by atoms with Crippen molar-refractivity contribution < 1.29 is 5.11 Å². The van der Waals surface area contributed by atoms with Gasteiger partial charge in [0.15, 0.2) is 0 Å². The highest BCUT2D eigenvalue weighted by Crippen LogP contribution is 2.36. The zero-order valence-corrected chi connectivity index (χ0v) is 20.7. The van der Waals surface area contributed by atoms with E-state index in [4.69, 9.17) is 33.2 Å². The van der Waals surface area contributed by atoms with E-state index in [0.717, 1.165) is 69.3 Å². The average Bonchev–Trinajstić information content (AvgIpc) is 3.22. The van der Waals surface area contributed by atoms with Gasteiger partial charge in [0.1, 0.15) is 5.82 Å². The predicted octanol–water partition coefficient (Wildman–Crippen LogP) is 4.59. The number of hydrogen-bond donors (Lipinski definition) is 2. The van der Waals surface area contributed by atoms with Gasteiger partial charge in [-0.1, -0.05) is 29.3 Å². The SMILES string of the molecule is C[C@@H](Nc1nc(N2CC([C@H]3CCCN(CCO)C3)C2)nc2c1CCC2)c1ccc(Cl)cc1Cl. The monoisotopic (exact) mass is 489 g/mol. The van der Waals surface area contributed by atoms with Gasteiger partial charge < -0.3 is 20.2 Å². The van der Waals surface area contributed by atoms with Crippen LogP contribution in [0.3, 0.4) is 0 Å². The fourth-order valence-corrected chi connectivity index (χ4v) is 6.18. The molecule has 2 saturated heterocycles. The molecule has 6 nitrogen and oxygen atoms in total. The van der Waals surface area contributed by atoms with Crippen LogP contribution >= 0.6 is 23.2 Å². The van der Waals surface area contributed by atoms with Crippen molar-refractivity contribution in [2.24, 2.45) is 11.8 Å². The van der Waals surface area contributed by atoms with Crippen LogP contribution in [0.25, 0.3) is 0 Å². The fourth-order valence-electron chi connectivity index (χ4n) is 5.61. The first-order chi connectivity index (χ1) is 16.0. The van der Waals surface area contributed by atoms with Crippen molar-refractivity contribution >= 4 is 35.0 Å². The molecule has 2 aliphatic heterocycles. The van der Waals surface area contributed by atoms with E-state index < -0.39 is 0 Å². The Morgan fingerprint density at radius 3 is 2.76 bits per heavy atom. The zero-order chi connectivity index (χ0) is 22.9. The van der Waals surface area contributed by atoms with Crippen LogP contribution in [0.4, 0.5) is 11.8 Å². The quantitative estimate of drug-likeness (QED) is 0.592. The number of anilines is 2. The van der Waals surface area contributed by atoms with Gasteiger partial charge in [-0.3, -0.25) is 0 Å². The summed E-state index contributed by atoms with van der Waals surface area (Å²) in [5.74, 6) is 3.19. The van der Waals surface area contributed by atoms with E-state index in [9.17, 15) is 5.11 Å². The third kappa shape index (κ3) is 4.95. The van der Waals surface area contributed by atoms with E-state index in [0.29, 0.717) is 21.9 Å². The summed E-state index contributed by atoms with van der Waals surface area (Å²) in [4.78, 5) is 14.7. The molecular formula is C25H33Cl2N5O. The Balaban J connectivity index is 1.29. The molecule has 0 saturated carbocycles. The molecule has 0 spiro atoms. The molecule has 3 heterocycles. The first-order valence-corrected chi connectivity index (χ1v) is 13.0. The van der Waals surface area contributed by atoms with Crippen LogP contribution in [0.2, 0.25) is 10.0 Å². The summed E-state index contributed by atoms with van der Waals surface area (Å²) in [5, 5.41) is 14.2. The predicted molar refractivity (Wildman–Crippen MR) is 135 cm³/mol. The van der Waals surface area contributed by atoms with E-state index in [-0.39, 0.29) is 12.6 Å². The van der Waals surface area contributed by atoms with Gasteiger partial charge >= 0.3 is 0 Å². The van der Waals surface area contributed by atoms with Gasteiger partial charge in [0.05, 0.1) is 18.3 Å². The van der Waals surface area contributed by atoms with Crippen LogP contribution in [0.15, 0.2) is 18.2 Å². The number of likely N-dealkylation sites (tertiary alicyclic amines) is 1. The van der Waals surface area contributed by atoms with Crippen molar-refractivity contribution in [2.45, 2.75) is 45.1 Å². The third-order valence-corrected chi connectivity index (χ3v) is 8.08. The molecule has 2 aromatic rings. The van der Waals surface area contributed by atoms with E-state index in [1.165, 1.54) is 24.1 Å². The molecule has 0 bridgehead atoms. The average molecular weight is 490 g/mol. The lowest BCUT2D eigenvalue weighted by molar-refractivity contribution is 0.101. The summed E-state index contributed by atoms with van der Waals surface area (Å²) < 4.78 is 0. The minimum Gasteiger partial charge on any atom is -0.395 e. The fraction of sp³-hybridized carbons (Fsp3) is 0.600. The second kappa shape index (κ2) is 9.95. The van der Waals surface area contributed by atoms with Gasteiger partial charge in [0, 0.05) is 41.8 Å². The van der Waals surface area contributed by atoms with Crippen molar-refractivity contribution in [2.75, 3.05) is 49.5 Å². The molecule has 0 unspecified atom stereocenters. The number of halogens is 2. The lowest BCUT2D eigenvalue weighted by Gasteiger charge is -2.46. The molecular weight excluding hydrogens is 457 g/mol. The second-order valence-electron chi connectivity index (χ2n) is 9.77. The Labute approximate surface area is 206 Å². The topological polar surface area (TPSA) is 64.5 Å². The first kappa shape index (κ1) is 23.2. The van der Waals surface area contributed by atoms with E-state index in [2.05, 4.69) is 22.0 Å². The summed E-state index contributed by atoms with van der Waals surface area (Å²) in [6, 6.07) is 5.67. The number of piperidine rings is 1. The molecule has 2 atom stereocenters. The normalized spacial score (nSPS) is 22.2. The zero-order valence-electron chi connectivity index (χ0n) is 19.2. The van der Waals surface area contributed by atoms with Crippen LogP contribution in [-0.2, 0) is 12.8 Å². The summed E-state index contributed by atoms with van der Waals surface area (Å²) in [6.45, 7) is 7.43.